The molecule has 1 aliphatic rings. The molecule has 3 aromatic rings. The van der Waals surface area contributed by atoms with Gasteiger partial charge in [-0.25, -0.2) is 9.78 Å². The van der Waals surface area contributed by atoms with E-state index in [1.807, 2.05) is 19.1 Å². The summed E-state index contributed by atoms with van der Waals surface area (Å²) in [7, 11) is 0. The Morgan fingerprint density at radius 1 is 1.24 bits per heavy atom. The molecular weight excluding hydrogens is 458 g/mol. The first-order valence-corrected chi connectivity index (χ1v) is 10.2. The molecule has 1 saturated heterocycles. The fourth-order valence-electron chi connectivity index (χ4n) is 3.39. The maximum atomic E-state index is 12.7. The second kappa shape index (κ2) is 7.96. The highest BCUT2D eigenvalue weighted by molar-refractivity contribution is 9.10. The molecule has 2 aromatic heterocycles. The Labute approximate surface area is 180 Å². The maximum absolute atomic E-state index is 12.7. The minimum absolute atomic E-state index is 0.0442. The van der Waals surface area contributed by atoms with E-state index in [1.54, 1.807) is 34.2 Å². The Balaban J connectivity index is 1.76. The highest BCUT2D eigenvalue weighted by Gasteiger charge is 2.31. The molecule has 0 radical (unpaired) electrons. The van der Waals surface area contributed by atoms with Crippen LogP contribution in [0.1, 0.15) is 17.3 Å². The Hall–Kier alpha value is -2.71. The summed E-state index contributed by atoms with van der Waals surface area (Å²) in [6, 6.07) is 8.68. The van der Waals surface area contributed by atoms with E-state index in [0.29, 0.717) is 30.8 Å². The summed E-state index contributed by atoms with van der Waals surface area (Å²) in [6.45, 7) is 3.87. The van der Waals surface area contributed by atoms with Gasteiger partial charge >= 0.3 is 6.03 Å². The molecule has 1 aliphatic heterocycles. The van der Waals surface area contributed by atoms with Gasteiger partial charge in [0, 0.05) is 37.4 Å². The van der Waals surface area contributed by atoms with E-state index in [2.05, 4.69) is 31.2 Å². The van der Waals surface area contributed by atoms with Crippen LogP contribution in [0.25, 0.3) is 10.9 Å². The van der Waals surface area contributed by atoms with E-state index >= 15 is 0 Å². The van der Waals surface area contributed by atoms with Crippen molar-refractivity contribution in [2.45, 2.75) is 6.92 Å². The molecule has 0 aliphatic carbocycles. The van der Waals surface area contributed by atoms with Gasteiger partial charge in [0.1, 0.15) is 5.15 Å². The third-order valence-electron chi connectivity index (χ3n) is 4.82. The number of para-hydroxylation sites is 1. The highest BCUT2D eigenvalue weighted by Crippen LogP contribution is 2.37. The largest absolute Gasteiger partial charge is 0.324 e. The van der Waals surface area contributed by atoms with Crippen molar-refractivity contribution >= 4 is 61.7 Å². The molecule has 0 bridgehead atoms. The molecule has 0 spiro atoms. The lowest BCUT2D eigenvalue weighted by atomic mass is 10.1. The van der Waals surface area contributed by atoms with Crippen molar-refractivity contribution in [2.75, 3.05) is 29.9 Å². The van der Waals surface area contributed by atoms with E-state index < -0.39 is 0 Å². The summed E-state index contributed by atoms with van der Waals surface area (Å²) in [5.74, 6) is -0.378. The normalized spacial score (nSPS) is 14.0. The summed E-state index contributed by atoms with van der Waals surface area (Å²) in [5, 5.41) is 3.75. The second-order valence-electron chi connectivity index (χ2n) is 6.47. The summed E-state index contributed by atoms with van der Waals surface area (Å²) in [5.41, 5.74) is 2.13. The van der Waals surface area contributed by atoms with Crippen molar-refractivity contribution in [3.63, 3.8) is 0 Å². The SMILES string of the molecule is CCN1CCN(c2c(Br)cnc3c(NC(=O)c4cccnc4Cl)cccc23)C1=O. The van der Waals surface area contributed by atoms with Gasteiger partial charge in [-0.05, 0) is 41.1 Å². The van der Waals surface area contributed by atoms with Crippen molar-refractivity contribution < 1.29 is 9.59 Å². The van der Waals surface area contributed by atoms with Crippen LogP contribution in [0.2, 0.25) is 5.15 Å². The number of hydrogen-bond donors (Lipinski definition) is 1. The molecule has 3 heterocycles. The number of nitrogens with zero attached hydrogens (tertiary/aromatic N) is 4. The first-order chi connectivity index (χ1) is 14.0. The van der Waals surface area contributed by atoms with Crippen molar-refractivity contribution in [3.8, 4) is 0 Å². The Bertz CT molecular complexity index is 1120. The number of benzene rings is 1. The number of likely N-dealkylation sites (N-methyl/N-ethyl adjacent to an activating group) is 1. The molecule has 7 nitrogen and oxygen atoms in total. The molecule has 0 unspecified atom stereocenters. The van der Waals surface area contributed by atoms with E-state index in [1.165, 1.54) is 6.20 Å². The first-order valence-electron chi connectivity index (χ1n) is 9.06. The molecule has 29 heavy (non-hydrogen) atoms. The summed E-state index contributed by atoms with van der Waals surface area (Å²) < 4.78 is 0.718. The minimum Gasteiger partial charge on any atom is -0.323 e. The van der Waals surface area contributed by atoms with Crippen molar-refractivity contribution in [2.24, 2.45) is 0 Å². The zero-order valence-electron chi connectivity index (χ0n) is 15.5. The third kappa shape index (κ3) is 3.54. The lowest BCUT2D eigenvalue weighted by Crippen LogP contribution is -2.32. The Morgan fingerprint density at radius 2 is 2.07 bits per heavy atom. The highest BCUT2D eigenvalue weighted by atomic mass is 79.9. The lowest BCUT2D eigenvalue weighted by molar-refractivity contribution is 0.102. The average Bonchev–Trinajstić information content (AvgIpc) is 3.08. The van der Waals surface area contributed by atoms with Crippen LogP contribution in [-0.4, -0.2) is 46.4 Å². The molecule has 3 amide bonds. The van der Waals surface area contributed by atoms with Crippen molar-refractivity contribution in [1.82, 2.24) is 14.9 Å². The number of halogens is 2. The zero-order chi connectivity index (χ0) is 20.5. The molecule has 0 saturated carbocycles. The molecule has 148 valence electrons. The van der Waals surface area contributed by atoms with E-state index in [9.17, 15) is 9.59 Å². The molecule has 1 aromatic carbocycles. The molecule has 1 N–H and O–H groups in total. The van der Waals surface area contributed by atoms with E-state index in [0.717, 1.165) is 15.5 Å². The van der Waals surface area contributed by atoms with Crippen LogP contribution in [0.15, 0.2) is 47.2 Å². The second-order valence-corrected chi connectivity index (χ2v) is 7.68. The number of carbonyl (C=O) groups excluding carboxylic acids is 2. The number of amides is 3. The molecular formula is C20H17BrClN5O2. The van der Waals surface area contributed by atoms with Gasteiger partial charge in [0.15, 0.2) is 0 Å². The number of hydrogen-bond acceptors (Lipinski definition) is 4. The van der Waals surface area contributed by atoms with Gasteiger partial charge in [0.2, 0.25) is 0 Å². The fourth-order valence-corrected chi connectivity index (χ4v) is 4.12. The molecule has 0 atom stereocenters. The number of aromatic nitrogens is 2. The average molecular weight is 475 g/mol. The van der Waals surface area contributed by atoms with Crippen LogP contribution >= 0.6 is 27.5 Å². The number of fused-ring (bicyclic) bond motifs is 1. The number of rotatable bonds is 4. The van der Waals surface area contributed by atoms with Crippen LogP contribution in [-0.2, 0) is 0 Å². The van der Waals surface area contributed by atoms with Gasteiger partial charge in [-0.1, -0.05) is 23.7 Å². The van der Waals surface area contributed by atoms with Gasteiger partial charge in [0.05, 0.1) is 26.9 Å². The minimum atomic E-state index is -0.378. The van der Waals surface area contributed by atoms with E-state index in [-0.39, 0.29) is 22.7 Å². The number of carbonyl (C=O) groups is 2. The molecule has 1 fully saturated rings. The molecule has 9 heteroatoms. The quantitative estimate of drug-likeness (QED) is 0.562. The summed E-state index contributed by atoms with van der Waals surface area (Å²) in [4.78, 5) is 37.4. The first kappa shape index (κ1) is 19.6. The monoisotopic (exact) mass is 473 g/mol. The number of urea groups is 1. The van der Waals surface area contributed by atoms with Crippen LogP contribution < -0.4 is 10.2 Å². The molecule has 4 rings (SSSR count). The smallest absolute Gasteiger partial charge is 0.323 e. The van der Waals surface area contributed by atoms with Crippen LogP contribution in [0.3, 0.4) is 0 Å². The Kier molecular flexibility index (Phi) is 5.38. The van der Waals surface area contributed by atoms with Crippen LogP contribution in [0.5, 0.6) is 0 Å². The van der Waals surface area contributed by atoms with Gasteiger partial charge in [0.25, 0.3) is 5.91 Å². The fraction of sp³-hybridized carbons (Fsp3) is 0.200. The van der Waals surface area contributed by atoms with Crippen LogP contribution in [0.4, 0.5) is 16.2 Å². The lowest BCUT2D eigenvalue weighted by Gasteiger charge is -2.21. The van der Waals surface area contributed by atoms with Crippen LogP contribution in [0, 0.1) is 0 Å². The topological polar surface area (TPSA) is 78.4 Å². The predicted molar refractivity (Wildman–Crippen MR) is 117 cm³/mol. The number of pyridine rings is 2. The third-order valence-corrected chi connectivity index (χ3v) is 5.70. The van der Waals surface area contributed by atoms with Gasteiger partial charge < -0.3 is 10.2 Å². The summed E-state index contributed by atoms with van der Waals surface area (Å²) >= 11 is 9.57. The van der Waals surface area contributed by atoms with Gasteiger partial charge in [-0.2, -0.15) is 0 Å². The van der Waals surface area contributed by atoms with Gasteiger partial charge in [-0.15, -0.1) is 0 Å². The summed E-state index contributed by atoms with van der Waals surface area (Å²) in [6.07, 6.45) is 3.17. The zero-order valence-corrected chi connectivity index (χ0v) is 17.9. The Morgan fingerprint density at radius 3 is 2.79 bits per heavy atom. The maximum Gasteiger partial charge on any atom is 0.324 e. The number of nitrogens with one attached hydrogen (secondary N) is 1. The number of anilines is 2. The van der Waals surface area contributed by atoms with Gasteiger partial charge in [-0.3, -0.25) is 14.7 Å². The van der Waals surface area contributed by atoms with Crippen molar-refractivity contribution in [1.29, 1.82) is 0 Å². The van der Waals surface area contributed by atoms with Crippen molar-refractivity contribution in [3.05, 3.63) is 57.9 Å². The standard InChI is InChI=1S/C20H17BrClN5O2/c1-2-26-9-10-27(20(26)29)17-12-5-3-7-15(16(12)24-11-14(17)21)25-19(28)13-6-4-8-23-18(13)22/h3-8,11H,2,9-10H2,1H3,(H,25,28). The van der Waals surface area contributed by atoms with E-state index in [4.69, 9.17) is 11.6 Å². The predicted octanol–water partition coefficient (Wildman–Crippen LogP) is 4.56.